The van der Waals surface area contributed by atoms with Gasteiger partial charge >= 0.3 is 0 Å². The van der Waals surface area contributed by atoms with Crippen LogP contribution < -0.4 is 4.74 Å². The highest BCUT2D eigenvalue weighted by atomic mass is 16.5. The topological polar surface area (TPSA) is 49.8 Å². The molecule has 1 unspecified atom stereocenters. The SMILES string of the molecule is COc1ccc(C(C)(C)C(=O)N2CCC(C(C)O)CC2)cc1. The molecule has 4 heteroatoms. The van der Waals surface area contributed by atoms with E-state index in [1.165, 1.54) is 0 Å². The van der Waals surface area contributed by atoms with Crippen molar-refractivity contribution in [2.24, 2.45) is 5.92 Å². The maximum absolute atomic E-state index is 12.9. The predicted molar refractivity (Wildman–Crippen MR) is 87.0 cm³/mol. The van der Waals surface area contributed by atoms with Gasteiger partial charge in [-0.1, -0.05) is 12.1 Å². The van der Waals surface area contributed by atoms with Crippen molar-refractivity contribution in [3.8, 4) is 5.75 Å². The Hall–Kier alpha value is -1.55. The zero-order valence-electron chi connectivity index (χ0n) is 14.0. The minimum absolute atomic E-state index is 0.154. The van der Waals surface area contributed by atoms with Crippen LogP contribution in [0.3, 0.4) is 0 Å². The number of carbonyl (C=O) groups is 1. The van der Waals surface area contributed by atoms with Crippen LogP contribution in [-0.2, 0) is 10.2 Å². The largest absolute Gasteiger partial charge is 0.497 e. The van der Waals surface area contributed by atoms with Crippen LogP contribution in [0.2, 0.25) is 0 Å². The molecular formula is C18H27NO3. The van der Waals surface area contributed by atoms with Crippen molar-refractivity contribution in [3.05, 3.63) is 29.8 Å². The first-order valence-electron chi connectivity index (χ1n) is 7.98. The van der Waals surface area contributed by atoms with Crippen molar-refractivity contribution in [1.29, 1.82) is 0 Å². The van der Waals surface area contributed by atoms with Gasteiger partial charge in [-0.2, -0.15) is 0 Å². The lowest BCUT2D eigenvalue weighted by Crippen LogP contribution is -2.48. The average Bonchev–Trinajstić information content (AvgIpc) is 2.54. The van der Waals surface area contributed by atoms with Crippen molar-refractivity contribution in [2.75, 3.05) is 20.2 Å². The highest BCUT2D eigenvalue weighted by Gasteiger charge is 2.36. The molecule has 1 aromatic carbocycles. The first-order valence-corrected chi connectivity index (χ1v) is 7.98. The lowest BCUT2D eigenvalue weighted by Gasteiger charge is -2.38. The lowest BCUT2D eigenvalue weighted by molar-refractivity contribution is -0.138. The maximum Gasteiger partial charge on any atom is 0.232 e. The van der Waals surface area contributed by atoms with Crippen LogP contribution in [0.4, 0.5) is 0 Å². The Kier molecular flexibility index (Phi) is 5.12. The normalized spacial score (nSPS) is 18.1. The molecular weight excluding hydrogens is 278 g/mol. The first kappa shape index (κ1) is 16.8. The van der Waals surface area contributed by atoms with E-state index >= 15 is 0 Å². The predicted octanol–water partition coefficient (Wildman–Crippen LogP) is 2.59. The molecule has 1 aliphatic rings. The Morgan fingerprint density at radius 1 is 1.27 bits per heavy atom. The molecule has 122 valence electrons. The van der Waals surface area contributed by atoms with Gasteiger partial charge in [-0.05, 0) is 57.2 Å². The molecule has 0 spiro atoms. The smallest absolute Gasteiger partial charge is 0.232 e. The van der Waals surface area contributed by atoms with Gasteiger partial charge in [-0.25, -0.2) is 0 Å². The van der Waals surface area contributed by atoms with Gasteiger partial charge in [-0.15, -0.1) is 0 Å². The molecule has 1 aromatic rings. The Bertz CT molecular complexity index is 500. The fraction of sp³-hybridized carbons (Fsp3) is 0.611. The number of aliphatic hydroxyl groups is 1. The van der Waals surface area contributed by atoms with E-state index in [9.17, 15) is 9.90 Å². The van der Waals surface area contributed by atoms with E-state index in [0.717, 1.165) is 37.2 Å². The Labute approximate surface area is 133 Å². The molecule has 0 radical (unpaired) electrons. The van der Waals surface area contributed by atoms with Crippen molar-refractivity contribution < 1.29 is 14.6 Å². The molecule has 1 fully saturated rings. The molecule has 1 atom stereocenters. The molecule has 0 aromatic heterocycles. The molecule has 0 aliphatic carbocycles. The van der Waals surface area contributed by atoms with Crippen molar-refractivity contribution in [3.63, 3.8) is 0 Å². The van der Waals surface area contributed by atoms with Gasteiger partial charge in [-0.3, -0.25) is 4.79 Å². The summed E-state index contributed by atoms with van der Waals surface area (Å²) in [5, 5.41) is 9.67. The van der Waals surface area contributed by atoms with Crippen LogP contribution in [0.15, 0.2) is 24.3 Å². The Morgan fingerprint density at radius 3 is 2.27 bits per heavy atom. The van der Waals surface area contributed by atoms with Crippen LogP contribution >= 0.6 is 0 Å². The summed E-state index contributed by atoms with van der Waals surface area (Å²) in [5.41, 5.74) is 0.445. The fourth-order valence-electron chi connectivity index (χ4n) is 3.11. The second-order valence-corrected chi connectivity index (χ2v) is 6.72. The van der Waals surface area contributed by atoms with E-state index in [-0.39, 0.29) is 12.0 Å². The number of carbonyl (C=O) groups excluding carboxylic acids is 1. The van der Waals surface area contributed by atoms with Gasteiger partial charge in [0.05, 0.1) is 18.6 Å². The number of hydrogen-bond acceptors (Lipinski definition) is 3. The minimum atomic E-state index is -0.552. The molecule has 1 N–H and O–H groups in total. The summed E-state index contributed by atoms with van der Waals surface area (Å²) in [5.74, 6) is 1.26. The molecule has 0 saturated carbocycles. The van der Waals surface area contributed by atoms with Crippen molar-refractivity contribution in [2.45, 2.75) is 45.1 Å². The number of amides is 1. The summed E-state index contributed by atoms with van der Waals surface area (Å²) in [4.78, 5) is 14.8. The second-order valence-electron chi connectivity index (χ2n) is 6.72. The first-order chi connectivity index (χ1) is 10.4. The summed E-state index contributed by atoms with van der Waals surface area (Å²) >= 11 is 0. The van der Waals surface area contributed by atoms with E-state index < -0.39 is 5.41 Å². The molecule has 0 bridgehead atoms. The number of piperidine rings is 1. The van der Waals surface area contributed by atoms with Gasteiger partial charge < -0.3 is 14.7 Å². The van der Waals surface area contributed by atoms with E-state index in [1.54, 1.807) is 7.11 Å². The summed E-state index contributed by atoms with van der Waals surface area (Å²) in [7, 11) is 1.64. The van der Waals surface area contributed by atoms with Crippen LogP contribution in [0.25, 0.3) is 0 Å². The van der Waals surface area contributed by atoms with E-state index in [2.05, 4.69) is 0 Å². The number of nitrogens with zero attached hydrogens (tertiary/aromatic N) is 1. The van der Waals surface area contributed by atoms with Crippen molar-refractivity contribution in [1.82, 2.24) is 4.90 Å². The number of hydrogen-bond donors (Lipinski definition) is 1. The lowest BCUT2D eigenvalue weighted by atomic mass is 9.82. The van der Waals surface area contributed by atoms with Crippen LogP contribution in [0.1, 0.15) is 39.2 Å². The molecule has 2 rings (SSSR count). The molecule has 4 nitrogen and oxygen atoms in total. The van der Waals surface area contributed by atoms with E-state index in [1.807, 2.05) is 49.9 Å². The molecule has 22 heavy (non-hydrogen) atoms. The summed E-state index contributed by atoms with van der Waals surface area (Å²) in [6.07, 6.45) is 1.47. The zero-order valence-corrected chi connectivity index (χ0v) is 14.0. The van der Waals surface area contributed by atoms with Gasteiger partial charge in [0.2, 0.25) is 5.91 Å². The number of rotatable bonds is 4. The van der Waals surface area contributed by atoms with Gasteiger partial charge in [0.1, 0.15) is 5.75 Å². The van der Waals surface area contributed by atoms with Gasteiger partial charge in [0.25, 0.3) is 0 Å². The third-order valence-electron chi connectivity index (χ3n) is 4.86. The van der Waals surface area contributed by atoms with Crippen LogP contribution in [0, 0.1) is 5.92 Å². The standard InChI is InChI=1S/C18H27NO3/c1-13(20)14-9-11-19(12-10-14)17(21)18(2,3)15-5-7-16(22-4)8-6-15/h5-8,13-14,20H,9-12H2,1-4H3. The minimum Gasteiger partial charge on any atom is -0.497 e. The second kappa shape index (κ2) is 6.69. The molecule has 1 amide bonds. The fourth-order valence-corrected chi connectivity index (χ4v) is 3.11. The number of ether oxygens (including phenoxy) is 1. The Balaban J connectivity index is 2.07. The molecule has 1 heterocycles. The van der Waals surface area contributed by atoms with Crippen LogP contribution in [0.5, 0.6) is 5.75 Å². The molecule has 1 saturated heterocycles. The quantitative estimate of drug-likeness (QED) is 0.930. The number of benzene rings is 1. The number of likely N-dealkylation sites (tertiary alicyclic amines) is 1. The summed E-state index contributed by atoms with van der Waals surface area (Å²) in [6.45, 7) is 7.24. The van der Waals surface area contributed by atoms with Crippen molar-refractivity contribution >= 4 is 5.91 Å². The van der Waals surface area contributed by atoms with E-state index in [0.29, 0.717) is 5.92 Å². The summed E-state index contributed by atoms with van der Waals surface area (Å²) < 4.78 is 5.17. The maximum atomic E-state index is 12.9. The number of methoxy groups -OCH3 is 1. The van der Waals surface area contributed by atoms with Crippen LogP contribution in [-0.4, -0.2) is 42.2 Å². The third kappa shape index (κ3) is 3.43. The third-order valence-corrected chi connectivity index (χ3v) is 4.86. The molecule has 1 aliphatic heterocycles. The highest BCUT2D eigenvalue weighted by molar-refractivity contribution is 5.87. The highest BCUT2D eigenvalue weighted by Crippen LogP contribution is 2.30. The van der Waals surface area contributed by atoms with Gasteiger partial charge in [0, 0.05) is 13.1 Å². The monoisotopic (exact) mass is 305 g/mol. The zero-order chi connectivity index (χ0) is 16.3. The average molecular weight is 305 g/mol. The Morgan fingerprint density at radius 2 is 1.82 bits per heavy atom. The summed E-state index contributed by atoms with van der Waals surface area (Å²) in [6, 6.07) is 7.70. The van der Waals surface area contributed by atoms with E-state index in [4.69, 9.17) is 4.74 Å². The number of aliphatic hydroxyl groups excluding tert-OH is 1. The van der Waals surface area contributed by atoms with Gasteiger partial charge in [0.15, 0.2) is 0 Å².